The molecule has 0 radical (unpaired) electrons. The Morgan fingerprint density at radius 1 is 1.16 bits per heavy atom. The SMILES string of the molecule is O=C(Nc1ccn2nccc2c1)c1ccc(I)cc1. The maximum atomic E-state index is 12.1. The third kappa shape index (κ3) is 2.60. The fourth-order valence-corrected chi connectivity index (χ4v) is 2.16. The van der Waals surface area contributed by atoms with E-state index in [1.165, 1.54) is 0 Å². The second kappa shape index (κ2) is 5.00. The Morgan fingerprint density at radius 2 is 1.95 bits per heavy atom. The van der Waals surface area contributed by atoms with E-state index in [-0.39, 0.29) is 5.91 Å². The van der Waals surface area contributed by atoms with Crippen molar-refractivity contribution < 1.29 is 4.79 Å². The molecule has 0 aliphatic rings. The number of aromatic nitrogens is 2. The van der Waals surface area contributed by atoms with Gasteiger partial charge in [0.05, 0.1) is 5.52 Å². The molecule has 2 aromatic heterocycles. The van der Waals surface area contributed by atoms with Crippen molar-refractivity contribution in [2.45, 2.75) is 0 Å². The van der Waals surface area contributed by atoms with Crippen LogP contribution in [0.25, 0.3) is 5.52 Å². The van der Waals surface area contributed by atoms with E-state index in [9.17, 15) is 4.79 Å². The van der Waals surface area contributed by atoms with Gasteiger partial charge < -0.3 is 5.32 Å². The van der Waals surface area contributed by atoms with Crippen LogP contribution in [-0.2, 0) is 0 Å². The highest BCUT2D eigenvalue weighted by atomic mass is 127. The Hall–Kier alpha value is -1.89. The van der Waals surface area contributed by atoms with E-state index < -0.39 is 0 Å². The van der Waals surface area contributed by atoms with E-state index in [4.69, 9.17) is 0 Å². The van der Waals surface area contributed by atoms with Gasteiger partial charge in [-0.3, -0.25) is 4.79 Å². The summed E-state index contributed by atoms with van der Waals surface area (Å²) in [4.78, 5) is 12.1. The average Bonchev–Trinajstić information content (AvgIpc) is 2.87. The third-order valence-electron chi connectivity index (χ3n) is 2.76. The maximum absolute atomic E-state index is 12.1. The molecule has 3 rings (SSSR count). The summed E-state index contributed by atoms with van der Waals surface area (Å²) < 4.78 is 2.86. The summed E-state index contributed by atoms with van der Waals surface area (Å²) in [6.45, 7) is 0. The predicted molar refractivity (Wildman–Crippen MR) is 82.3 cm³/mol. The molecule has 0 bridgehead atoms. The highest BCUT2D eigenvalue weighted by molar-refractivity contribution is 14.1. The molecule has 0 aliphatic heterocycles. The first kappa shape index (κ1) is 12.2. The highest BCUT2D eigenvalue weighted by Gasteiger charge is 2.06. The predicted octanol–water partition coefficient (Wildman–Crippen LogP) is 3.19. The molecule has 94 valence electrons. The van der Waals surface area contributed by atoms with Crippen molar-refractivity contribution in [1.82, 2.24) is 9.61 Å². The molecule has 19 heavy (non-hydrogen) atoms. The zero-order valence-corrected chi connectivity index (χ0v) is 12.0. The van der Waals surface area contributed by atoms with Gasteiger partial charge in [0.2, 0.25) is 0 Å². The number of hydrogen-bond acceptors (Lipinski definition) is 2. The molecule has 0 fully saturated rings. The minimum absolute atomic E-state index is 0.111. The van der Waals surface area contributed by atoms with Crippen LogP contribution in [0.15, 0.2) is 54.9 Å². The molecule has 3 aromatic rings. The summed E-state index contributed by atoms with van der Waals surface area (Å²) in [6, 6.07) is 13.1. The van der Waals surface area contributed by atoms with Crippen molar-refractivity contribution in [3.8, 4) is 0 Å². The van der Waals surface area contributed by atoms with Crippen molar-refractivity contribution >= 4 is 39.7 Å². The van der Waals surface area contributed by atoms with Gasteiger partial charge in [-0.1, -0.05) is 0 Å². The van der Waals surface area contributed by atoms with Crippen LogP contribution in [0.5, 0.6) is 0 Å². The second-order valence-corrected chi connectivity index (χ2v) is 5.32. The zero-order valence-electron chi connectivity index (χ0n) is 9.88. The van der Waals surface area contributed by atoms with Crippen molar-refractivity contribution in [3.63, 3.8) is 0 Å². The van der Waals surface area contributed by atoms with Crippen LogP contribution in [-0.4, -0.2) is 15.5 Å². The van der Waals surface area contributed by atoms with E-state index in [0.717, 1.165) is 14.8 Å². The van der Waals surface area contributed by atoms with Gasteiger partial charge in [-0.2, -0.15) is 5.10 Å². The number of carbonyl (C=O) groups is 1. The van der Waals surface area contributed by atoms with Crippen molar-refractivity contribution in [1.29, 1.82) is 0 Å². The quantitative estimate of drug-likeness (QED) is 0.711. The van der Waals surface area contributed by atoms with Gasteiger partial charge in [-0.05, 0) is 65.1 Å². The molecular weight excluding hydrogens is 353 g/mol. The molecule has 0 saturated heterocycles. The summed E-state index contributed by atoms with van der Waals surface area (Å²) in [6.07, 6.45) is 3.54. The molecule has 5 heteroatoms. The number of benzene rings is 1. The number of pyridine rings is 1. The number of rotatable bonds is 2. The monoisotopic (exact) mass is 363 g/mol. The zero-order chi connectivity index (χ0) is 13.2. The summed E-state index contributed by atoms with van der Waals surface area (Å²) in [5.74, 6) is -0.111. The molecule has 0 spiro atoms. The third-order valence-corrected chi connectivity index (χ3v) is 3.48. The lowest BCUT2D eigenvalue weighted by Crippen LogP contribution is -2.11. The molecule has 4 nitrogen and oxygen atoms in total. The number of hydrogen-bond donors (Lipinski definition) is 1. The van der Waals surface area contributed by atoms with Crippen molar-refractivity contribution in [2.75, 3.05) is 5.32 Å². The number of nitrogens with zero attached hydrogens (tertiary/aromatic N) is 2. The van der Waals surface area contributed by atoms with E-state index >= 15 is 0 Å². The number of amides is 1. The van der Waals surface area contributed by atoms with Gasteiger partial charge in [0.15, 0.2) is 0 Å². The first-order valence-electron chi connectivity index (χ1n) is 5.73. The summed E-state index contributed by atoms with van der Waals surface area (Å²) >= 11 is 2.21. The van der Waals surface area contributed by atoms with E-state index in [1.54, 1.807) is 10.7 Å². The molecule has 0 unspecified atom stereocenters. The smallest absolute Gasteiger partial charge is 0.255 e. The molecule has 1 N–H and O–H groups in total. The van der Waals surface area contributed by atoms with Crippen LogP contribution >= 0.6 is 22.6 Å². The molecule has 2 heterocycles. The summed E-state index contributed by atoms with van der Waals surface area (Å²) in [5, 5.41) is 6.99. The van der Waals surface area contributed by atoms with Gasteiger partial charge >= 0.3 is 0 Å². The normalized spacial score (nSPS) is 10.6. The summed E-state index contributed by atoms with van der Waals surface area (Å²) in [7, 11) is 0. The van der Waals surface area contributed by atoms with Crippen molar-refractivity contribution in [3.05, 3.63) is 64.0 Å². The van der Waals surface area contributed by atoms with Gasteiger partial charge in [0, 0.05) is 27.2 Å². The minimum atomic E-state index is -0.111. The summed E-state index contributed by atoms with van der Waals surface area (Å²) in [5.41, 5.74) is 2.35. The number of anilines is 1. The Bertz CT molecular complexity index is 734. The van der Waals surface area contributed by atoms with Gasteiger partial charge in [-0.15, -0.1) is 0 Å². The van der Waals surface area contributed by atoms with E-state index in [0.29, 0.717) is 5.56 Å². The molecule has 0 saturated carbocycles. The average molecular weight is 363 g/mol. The van der Waals surface area contributed by atoms with Crippen LogP contribution in [0.3, 0.4) is 0 Å². The maximum Gasteiger partial charge on any atom is 0.255 e. The fourth-order valence-electron chi connectivity index (χ4n) is 1.80. The Balaban J connectivity index is 1.83. The lowest BCUT2D eigenvalue weighted by molar-refractivity contribution is 0.102. The second-order valence-electron chi connectivity index (χ2n) is 4.08. The molecule has 1 amide bonds. The highest BCUT2D eigenvalue weighted by Crippen LogP contribution is 2.13. The first-order valence-corrected chi connectivity index (χ1v) is 6.80. The van der Waals surface area contributed by atoms with Gasteiger partial charge in [0.1, 0.15) is 0 Å². The lowest BCUT2D eigenvalue weighted by Gasteiger charge is -2.05. The van der Waals surface area contributed by atoms with Gasteiger partial charge in [-0.25, -0.2) is 4.52 Å². The van der Waals surface area contributed by atoms with Crippen LogP contribution in [0, 0.1) is 3.57 Å². The number of fused-ring (bicyclic) bond motifs is 1. The van der Waals surface area contributed by atoms with Gasteiger partial charge in [0.25, 0.3) is 5.91 Å². The molecule has 0 aliphatic carbocycles. The fraction of sp³-hybridized carbons (Fsp3) is 0. The number of halogens is 1. The Labute approximate surface area is 123 Å². The first-order chi connectivity index (χ1) is 9.22. The molecular formula is C14H10IN3O. The standard InChI is InChI=1S/C14H10IN3O/c15-11-3-1-10(2-4-11)14(19)17-12-6-8-18-13(9-12)5-7-16-18/h1-9H,(H,17,19). The largest absolute Gasteiger partial charge is 0.322 e. The molecule has 0 atom stereocenters. The van der Waals surface area contributed by atoms with Crippen molar-refractivity contribution in [2.24, 2.45) is 0 Å². The lowest BCUT2D eigenvalue weighted by atomic mass is 10.2. The Morgan fingerprint density at radius 3 is 2.74 bits per heavy atom. The number of nitrogens with one attached hydrogen (secondary N) is 1. The van der Waals surface area contributed by atoms with Crippen LogP contribution in [0.1, 0.15) is 10.4 Å². The van der Waals surface area contributed by atoms with E-state index in [1.807, 2.05) is 48.7 Å². The van der Waals surface area contributed by atoms with Crippen LogP contribution in [0.2, 0.25) is 0 Å². The van der Waals surface area contributed by atoms with Crippen LogP contribution in [0.4, 0.5) is 5.69 Å². The topological polar surface area (TPSA) is 46.4 Å². The molecule has 1 aromatic carbocycles. The number of carbonyl (C=O) groups excluding carboxylic acids is 1. The minimum Gasteiger partial charge on any atom is -0.322 e. The Kier molecular flexibility index (Phi) is 3.20. The van der Waals surface area contributed by atoms with Crippen LogP contribution < -0.4 is 5.32 Å². The van der Waals surface area contributed by atoms with E-state index in [2.05, 4.69) is 33.0 Å².